The predicted octanol–water partition coefficient (Wildman–Crippen LogP) is 0.582. The highest BCUT2D eigenvalue weighted by Gasteiger charge is 2.75. The minimum Gasteiger partial charge on any atom is -0.468 e. The van der Waals surface area contributed by atoms with Gasteiger partial charge in [-0.1, -0.05) is 91.0 Å². The molecular formula is C38H37N2O12P. The third kappa shape index (κ3) is 6.22. The van der Waals surface area contributed by atoms with E-state index in [0.717, 1.165) is 14.2 Å². The predicted molar refractivity (Wildman–Crippen MR) is 190 cm³/mol. The number of ether oxygens (including phenoxy) is 4. The molecule has 53 heavy (non-hydrogen) atoms. The molecule has 3 aromatic rings. The highest BCUT2D eigenvalue weighted by atomic mass is 31.2. The third-order valence-corrected chi connectivity index (χ3v) is 13.6. The minimum absolute atomic E-state index is 0.114. The van der Waals surface area contributed by atoms with E-state index < -0.39 is 90.0 Å². The molecule has 14 nitrogen and oxygen atoms in total. The standard InChI is InChI=1S/C38H37N2O12P/c1-5-51-27(41)22-39-32(43)29(35(46)49-3)30(33(39)44)38(37(48)50-4)31(34(45)40(36(38)47)23-28(42)52-6-2)53(24-16-10-7-11-17-24,25-18-12-8-13-19-25)26-20-14-9-15-21-26/h7-21,29-30H,5-6,22-23H2,1-4H3/t29-,30?,38+/m0/s1. The Morgan fingerprint density at radius 1 is 0.642 bits per heavy atom. The first-order valence-corrected chi connectivity index (χ1v) is 18.4. The zero-order valence-electron chi connectivity index (χ0n) is 29.4. The second kappa shape index (κ2) is 15.8. The maximum Gasteiger partial charge on any atom is 0.327 e. The van der Waals surface area contributed by atoms with Crippen LogP contribution in [0.5, 0.6) is 0 Å². The first-order chi connectivity index (χ1) is 25.5. The lowest BCUT2D eigenvalue weighted by Crippen LogP contribution is -2.57. The zero-order chi connectivity index (χ0) is 38.5. The lowest BCUT2D eigenvalue weighted by molar-refractivity contribution is -0.166. The second-order valence-electron chi connectivity index (χ2n) is 11.9. The molecule has 0 bridgehead atoms. The van der Waals surface area contributed by atoms with E-state index in [1.807, 2.05) is 0 Å². The summed E-state index contributed by atoms with van der Waals surface area (Å²) in [7, 11) is 1.86. The number of esters is 4. The average Bonchev–Trinajstić information content (AvgIpc) is 3.54. The molecule has 2 aliphatic heterocycles. The number of likely N-dealkylation sites (tertiary alicyclic amines) is 2. The van der Waals surface area contributed by atoms with Crippen molar-refractivity contribution in [3.05, 3.63) is 91.0 Å². The van der Waals surface area contributed by atoms with Crippen LogP contribution in [0.15, 0.2) is 91.0 Å². The molecule has 3 atom stereocenters. The molecule has 0 radical (unpaired) electrons. The maximum absolute atomic E-state index is 15.4. The van der Waals surface area contributed by atoms with Crippen LogP contribution in [-0.4, -0.2) is 103 Å². The van der Waals surface area contributed by atoms with E-state index in [1.54, 1.807) is 91.0 Å². The van der Waals surface area contributed by atoms with Gasteiger partial charge < -0.3 is 18.9 Å². The van der Waals surface area contributed by atoms with E-state index >= 15 is 9.59 Å². The molecule has 15 heteroatoms. The lowest BCUT2D eigenvalue weighted by Gasteiger charge is -2.38. The lowest BCUT2D eigenvalue weighted by atomic mass is 9.68. The second-order valence-corrected chi connectivity index (χ2v) is 15.2. The van der Waals surface area contributed by atoms with E-state index in [1.165, 1.54) is 13.8 Å². The van der Waals surface area contributed by atoms with Crippen LogP contribution >= 0.6 is 6.89 Å². The van der Waals surface area contributed by atoms with Crippen LogP contribution in [0.1, 0.15) is 13.8 Å². The van der Waals surface area contributed by atoms with Gasteiger partial charge in [0, 0.05) is 0 Å². The maximum atomic E-state index is 15.4. The van der Waals surface area contributed by atoms with E-state index in [-0.39, 0.29) is 13.2 Å². The molecule has 276 valence electrons. The molecule has 0 aliphatic carbocycles. The van der Waals surface area contributed by atoms with Gasteiger partial charge in [-0.2, -0.15) is 0 Å². The number of methoxy groups -OCH3 is 2. The Bertz CT molecular complexity index is 1910. The molecule has 2 heterocycles. The number of carbonyl (C=O) groups is 8. The molecule has 2 saturated heterocycles. The van der Waals surface area contributed by atoms with Gasteiger partial charge in [0.1, 0.15) is 19.0 Å². The Morgan fingerprint density at radius 2 is 1.08 bits per heavy atom. The van der Waals surface area contributed by atoms with E-state index in [9.17, 15) is 28.8 Å². The summed E-state index contributed by atoms with van der Waals surface area (Å²) < 4.78 is 20.4. The van der Waals surface area contributed by atoms with Gasteiger partial charge in [0.05, 0.1) is 38.6 Å². The first kappa shape index (κ1) is 38.4. The summed E-state index contributed by atoms with van der Waals surface area (Å²) in [5.41, 5.74) is -3.08. The van der Waals surface area contributed by atoms with Crippen molar-refractivity contribution in [2.75, 3.05) is 40.5 Å². The van der Waals surface area contributed by atoms with Crippen molar-refractivity contribution in [3.8, 4) is 0 Å². The summed E-state index contributed by atoms with van der Waals surface area (Å²) in [4.78, 5) is 115. The SMILES string of the molecule is CCOC(=O)CN1C(=O)C([C@]2(C(=O)OC)C(=O)N(CC(=O)OCC)C(=O)C2=P(c2ccccc2)(c2ccccc2)c2ccccc2)[C@H](C(=O)OC)C1=O. The third-order valence-electron chi connectivity index (χ3n) is 9.18. The minimum atomic E-state index is -3.88. The van der Waals surface area contributed by atoms with Gasteiger partial charge in [0.15, 0.2) is 5.41 Å². The molecule has 2 fully saturated rings. The average molecular weight is 745 g/mol. The van der Waals surface area contributed by atoms with Gasteiger partial charge in [-0.25, -0.2) is 0 Å². The molecule has 1 unspecified atom stereocenters. The Labute approximate surface area is 304 Å². The van der Waals surface area contributed by atoms with Crippen molar-refractivity contribution in [2.45, 2.75) is 13.8 Å². The van der Waals surface area contributed by atoms with Gasteiger partial charge >= 0.3 is 23.9 Å². The molecule has 5 rings (SSSR count). The van der Waals surface area contributed by atoms with Crippen molar-refractivity contribution in [3.63, 3.8) is 0 Å². The van der Waals surface area contributed by atoms with Crippen LogP contribution in [-0.2, 0) is 57.3 Å². The number of benzene rings is 3. The van der Waals surface area contributed by atoms with Crippen LogP contribution in [0, 0.1) is 17.3 Å². The van der Waals surface area contributed by atoms with Crippen molar-refractivity contribution >= 4 is 75.6 Å². The largest absolute Gasteiger partial charge is 0.468 e. The summed E-state index contributed by atoms with van der Waals surface area (Å²) in [5.74, 6) is -14.5. The summed E-state index contributed by atoms with van der Waals surface area (Å²) in [6, 6.07) is 25.5. The van der Waals surface area contributed by atoms with E-state index in [0.29, 0.717) is 25.7 Å². The Balaban J connectivity index is 2.08. The van der Waals surface area contributed by atoms with Crippen LogP contribution in [0.2, 0.25) is 0 Å². The fourth-order valence-corrected chi connectivity index (χ4v) is 11.9. The molecule has 0 aromatic heterocycles. The normalized spacial score (nSPS) is 20.0. The van der Waals surface area contributed by atoms with Gasteiger partial charge in [0.2, 0.25) is 11.8 Å². The summed E-state index contributed by atoms with van der Waals surface area (Å²) >= 11 is 0. The number of hydrogen-bond donors (Lipinski definition) is 0. The van der Waals surface area contributed by atoms with Crippen molar-refractivity contribution in [1.82, 2.24) is 9.80 Å². The highest BCUT2D eigenvalue weighted by Crippen LogP contribution is 2.57. The fraction of sp³-hybridized carbons (Fsp3) is 0.289. The summed E-state index contributed by atoms with van der Waals surface area (Å²) in [5, 5.41) is 0.825. The molecule has 3 aromatic carbocycles. The van der Waals surface area contributed by atoms with E-state index in [2.05, 4.69) is 0 Å². The van der Waals surface area contributed by atoms with Crippen molar-refractivity contribution < 1.29 is 57.3 Å². The van der Waals surface area contributed by atoms with Crippen LogP contribution in [0.25, 0.3) is 0 Å². The molecule has 4 amide bonds. The Kier molecular flexibility index (Phi) is 11.4. The van der Waals surface area contributed by atoms with Crippen molar-refractivity contribution in [1.29, 1.82) is 0 Å². The van der Waals surface area contributed by atoms with Crippen LogP contribution in [0.4, 0.5) is 0 Å². The van der Waals surface area contributed by atoms with Gasteiger partial charge in [-0.3, -0.25) is 48.2 Å². The van der Waals surface area contributed by atoms with Gasteiger partial charge in [-0.15, -0.1) is 0 Å². The van der Waals surface area contributed by atoms with E-state index in [4.69, 9.17) is 18.9 Å². The quantitative estimate of drug-likeness (QED) is 0.0830. The first-order valence-electron chi connectivity index (χ1n) is 16.6. The molecule has 0 N–H and O–H groups in total. The highest BCUT2D eigenvalue weighted by molar-refractivity contribution is 7.96. The van der Waals surface area contributed by atoms with Crippen LogP contribution in [0.3, 0.4) is 0 Å². The topological polar surface area (TPSA) is 180 Å². The number of nitrogens with zero attached hydrogens (tertiary/aromatic N) is 2. The smallest absolute Gasteiger partial charge is 0.327 e. The van der Waals surface area contributed by atoms with Crippen molar-refractivity contribution in [2.24, 2.45) is 17.3 Å². The number of carbonyl (C=O) groups excluding carboxylic acids is 8. The fourth-order valence-electron chi connectivity index (χ4n) is 7.15. The Hall–Kier alpha value is -5.88. The zero-order valence-corrected chi connectivity index (χ0v) is 30.3. The molecule has 2 aliphatic rings. The summed E-state index contributed by atoms with van der Waals surface area (Å²) in [6.45, 7) is -3.06. The number of imide groups is 2. The van der Waals surface area contributed by atoms with Gasteiger partial charge in [-0.05, 0) is 36.6 Å². The monoisotopic (exact) mass is 744 g/mol. The number of hydrogen-bond acceptors (Lipinski definition) is 12. The molecule has 0 spiro atoms. The number of rotatable bonds is 12. The number of amides is 4. The van der Waals surface area contributed by atoms with Crippen LogP contribution < -0.4 is 15.9 Å². The molecule has 0 saturated carbocycles. The Morgan fingerprint density at radius 3 is 1.47 bits per heavy atom. The summed E-state index contributed by atoms with van der Waals surface area (Å²) in [6.07, 6.45) is 0. The van der Waals surface area contributed by atoms with Gasteiger partial charge in [0.25, 0.3) is 11.8 Å². The molecular weight excluding hydrogens is 707 g/mol.